The summed E-state index contributed by atoms with van der Waals surface area (Å²) >= 11 is 0. The Morgan fingerprint density at radius 2 is 0.692 bits per heavy atom. The summed E-state index contributed by atoms with van der Waals surface area (Å²) in [5, 5.41) is 0. The van der Waals surface area contributed by atoms with E-state index in [2.05, 4.69) is 11.1 Å². The van der Waals surface area contributed by atoms with Gasteiger partial charge in [-0.15, -0.1) is 0 Å². The minimum Gasteiger partial charge on any atom is -0.0665 e. The van der Waals surface area contributed by atoms with Gasteiger partial charge in [0.1, 0.15) is 0 Å². The molecule has 0 aliphatic heterocycles. The van der Waals surface area contributed by atoms with Crippen LogP contribution in [0.3, 0.4) is 0 Å². The van der Waals surface area contributed by atoms with Crippen LogP contribution in [0.25, 0.3) is 0 Å². The molecule has 0 aromatic carbocycles. The maximum Gasteiger partial charge on any atom is -0.0130 e. The first-order valence-electron chi connectivity index (χ1n) is 32.0. The second-order valence-corrected chi connectivity index (χ2v) is 32.3. The predicted octanol–water partition coefficient (Wildman–Crippen LogP) is 14.7. The van der Waals surface area contributed by atoms with Crippen molar-refractivity contribution < 1.29 is 0 Å². The average molecular weight is 869 g/mol. The molecule has 0 heterocycles. The second kappa shape index (κ2) is 12.0. The van der Waals surface area contributed by atoms with Crippen molar-refractivity contribution in [3.05, 3.63) is 11.1 Å². The van der Waals surface area contributed by atoms with E-state index in [1.807, 2.05) is 6.42 Å². The van der Waals surface area contributed by atoms with E-state index >= 15 is 0 Å². The Bertz CT molecular complexity index is 2160. The van der Waals surface area contributed by atoms with Crippen molar-refractivity contribution in [2.75, 3.05) is 0 Å². The van der Waals surface area contributed by atoms with Crippen LogP contribution in [0.1, 0.15) is 161 Å². The first kappa shape index (κ1) is 36.6. The van der Waals surface area contributed by atoms with Crippen molar-refractivity contribution in [1.29, 1.82) is 0 Å². The fraction of sp³-hybridized carbons (Fsp3) is 0.969. The maximum absolute atomic E-state index is 2.40. The number of fused-ring (bicyclic) bond motifs is 3. The van der Waals surface area contributed by atoms with Gasteiger partial charge in [-0.1, -0.05) is 62.5 Å². The average Bonchev–Trinajstić information content (AvgIpc) is 3.33. The van der Waals surface area contributed by atoms with E-state index in [-0.39, 0.29) is 0 Å². The molecule has 0 aromatic heterocycles. The molecule has 0 spiro atoms. The van der Waals surface area contributed by atoms with Gasteiger partial charge >= 0.3 is 0 Å². The van der Waals surface area contributed by atoms with Crippen molar-refractivity contribution in [2.45, 2.75) is 161 Å². The highest BCUT2D eigenvalue weighted by atomic mass is 14.8. The second-order valence-electron chi connectivity index (χ2n) is 32.3. The molecule has 21 aliphatic rings. The zero-order valence-electron chi connectivity index (χ0n) is 40.6. The van der Waals surface area contributed by atoms with Crippen molar-refractivity contribution in [2.24, 2.45) is 225 Å². The monoisotopic (exact) mass is 869 g/mol. The smallest absolute Gasteiger partial charge is 0.0130 e. The van der Waals surface area contributed by atoms with Crippen LogP contribution >= 0.6 is 0 Å². The summed E-state index contributed by atoms with van der Waals surface area (Å²) in [5.74, 6) is 44.1. The highest BCUT2D eigenvalue weighted by Crippen LogP contribution is 2.85. The van der Waals surface area contributed by atoms with Crippen molar-refractivity contribution in [3.63, 3.8) is 0 Å². The molecule has 15 bridgehead atoms. The number of hydrogen-bond acceptors (Lipinski definition) is 0. The van der Waals surface area contributed by atoms with Gasteiger partial charge in [0.25, 0.3) is 0 Å². The molecular formula is C65H88. The van der Waals surface area contributed by atoms with Gasteiger partial charge in [0, 0.05) is 0 Å². The summed E-state index contributed by atoms with van der Waals surface area (Å²) in [6.07, 6.45) is 42.6. The predicted molar refractivity (Wildman–Crippen MR) is 255 cm³/mol. The summed E-state index contributed by atoms with van der Waals surface area (Å²) in [5.41, 5.74) is 4.80. The SMILES string of the molecule is C1CC2CC3CC4CC5CCCC6C7CCC8C9CCCC%10CC%11CC%12CC%13CCCC%14C%15CCC%16C(C1)C2C1CC%16C%15C2CC%15C%16C%17CC(=C4C(C56)C%17C7C8C%16C(C%109)C%11C%15C%12C2C%13%14)C31. The summed E-state index contributed by atoms with van der Waals surface area (Å²) in [6, 6.07) is 0. The molecule has 21 rings (SSSR count). The minimum absolute atomic E-state index is 1.05. The molecule has 0 saturated heterocycles. The molecular weight excluding hydrogens is 781 g/mol. The lowest BCUT2D eigenvalue weighted by molar-refractivity contribution is -0.329. The van der Waals surface area contributed by atoms with Crippen LogP contribution in [-0.4, -0.2) is 0 Å². The van der Waals surface area contributed by atoms with Gasteiger partial charge in [-0.25, -0.2) is 0 Å². The van der Waals surface area contributed by atoms with Crippen molar-refractivity contribution >= 4 is 0 Å². The zero-order chi connectivity index (χ0) is 40.8. The number of rotatable bonds is 0. The van der Waals surface area contributed by atoms with Crippen LogP contribution in [0.2, 0.25) is 0 Å². The van der Waals surface area contributed by atoms with Crippen LogP contribution in [0, 0.1) is 225 Å². The summed E-state index contributed by atoms with van der Waals surface area (Å²) in [7, 11) is 0. The van der Waals surface area contributed by atoms with E-state index in [0.29, 0.717) is 0 Å². The van der Waals surface area contributed by atoms with Crippen LogP contribution in [0.4, 0.5) is 0 Å². The summed E-state index contributed by atoms with van der Waals surface area (Å²) in [4.78, 5) is 0. The van der Waals surface area contributed by atoms with E-state index in [1.54, 1.807) is 154 Å². The van der Waals surface area contributed by atoms with Gasteiger partial charge in [0.05, 0.1) is 0 Å². The summed E-state index contributed by atoms with van der Waals surface area (Å²) < 4.78 is 0. The molecule has 0 radical (unpaired) electrons. The van der Waals surface area contributed by atoms with Crippen molar-refractivity contribution in [3.8, 4) is 0 Å². The fourth-order valence-electron chi connectivity index (χ4n) is 34.1. The van der Waals surface area contributed by atoms with Gasteiger partial charge < -0.3 is 0 Å². The van der Waals surface area contributed by atoms with Crippen LogP contribution in [0.5, 0.6) is 0 Å². The Hall–Kier alpha value is -0.260. The molecule has 0 amide bonds. The standard InChI is InChI=1S/C65H88/c1-5-26-17-30-21-31-18-28-7-3-11-37-40-15-16-41-38-12-4-8-29-20-33-22-32-19-27-6-2-10-36-39-14-13-34-35(9-1)48(26)43-23-42(34)56(39)45-25-46-57-47-24-44(49(30)43)53(31)63(51(28)37)62(47)58(40)59(41)65(57)64(52(29)38)55(33)61(46)54(32)60(45)50(27)36/h26-43,45-52,54-65H,1-25H2. The van der Waals surface area contributed by atoms with Gasteiger partial charge in [0.15, 0.2) is 0 Å². The quantitative estimate of drug-likeness (QED) is 0.213. The normalized spacial score (nSPS) is 73.5. The molecule has 0 N–H and O–H groups in total. The first-order valence-corrected chi connectivity index (χ1v) is 32.0. The van der Waals surface area contributed by atoms with E-state index in [1.165, 1.54) is 101 Å². The lowest BCUT2D eigenvalue weighted by atomic mass is 9.23. The van der Waals surface area contributed by atoms with Gasteiger partial charge in [-0.2, -0.15) is 0 Å². The Morgan fingerprint density at radius 1 is 0.215 bits per heavy atom. The highest BCUT2D eigenvalue weighted by molar-refractivity contribution is 5.39. The number of hydrogen-bond donors (Lipinski definition) is 0. The van der Waals surface area contributed by atoms with Crippen LogP contribution in [-0.2, 0) is 0 Å². The molecule has 38 atom stereocenters. The Balaban J connectivity index is 0.859. The summed E-state index contributed by atoms with van der Waals surface area (Å²) in [6.45, 7) is 0. The topological polar surface area (TPSA) is 0 Å². The molecule has 0 heteroatoms. The van der Waals surface area contributed by atoms with Crippen LogP contribution in [0.15, 0.2) is 11.1 Å². The van der Waals surface area contributed by atoms with E-state index in [9.17, 15) is 0 Å². The van der Waals surface area contributed by atoms with Gasteiger partial charge in [-0.05, 0) is 334 Å². The molecule has 0 nitrogen and oxygen atoms in total. The zero-order valence-corrected chi connectivity index (χ0v) is 40.6. The third-order valence-corrected chi connectivity index (χ3v) is 32.9. The van der Waals surface area contributed by atoms with E-state index in [0.717, 1.165) is 124 Å². The third kappa shape index (κ3) is 3.90. The molecule has 18 saturated carbocycles. The maximum atomic E-state index is 2.40. The Kier molecular flexibility index (Phi) is 6.75. The third-order valence-electron chi connectivity index (χ3n) is 32.9. The molecule has 348 valence electrons. The largest absolute Gasteiger partial charge is 0.0665 e. The van der Waals surface area contributed by atoms with Crippen molar-refractivity contribution in [1.82, 2.24) is 0 Å². The number of allylic oxidation sites excluding steroid dienone is 2. The lowest BCUT2D eigenvalue weighted by Crippen LogP contribution is -2.76. The molecule has 38 unspecified atom stereocenters. The van der Waals surface area contributed by atoms with Gasteiger partial charge in [0.2, 0.25) is 0 Å². The van der Waals surface area contributed by atoms with E-state index in [4.69, 9.17) is 0 Å². The highest BCUT2D eigenvalue weighted by Gasteiger charge is 2.79. The lowest BCUT2D eigenvalue weighted by Gasteiger charge is -2.81. The molecule has 0 aromatic rings. The molecule has 21 aliphatic carbocycles. The van der Waals surface area contributed by atoms with E-state index < -0.39 is 0 Å². The first-order chi connectivity index (χ1) is 32.2. The Labute approximate surface area is 394 Å². The van der Waals surface area contributed by atoms with Crippen LogP contribution < -0.4 is 0 Å². The van der Waals surface area contributed by atoms with Gasteiger partial charge in [-0.3, -0.25) is 0 Å². The fourth-order valence-corrected chi connectivity index (χ4v) is 34.1. The minimum atomic E-state index is 1.05. The molecule has 65 heavy (non-hydrogen) atoms. The Morgan fingerprint density at radius 3 is 1.45 bits per heavy atom. The molecule has 18 fully saturated rings.